The fourth-order valence-corrected chi connectivity index (χ4v) is 2.05. The molecule has 0 bridgehead atoms. The van der Waals surface area contributed by atoms with Crippen LogP contribution in [0.1, 0.15) is 12.0 Å². The zero-order chi connectivity index (χ0) is 9.97. The van der Waals surface area contributed by atoms with Gasteiger partial charge in [0.1, 0.15) is 0 Å². The first-order chi connectivity index (χ1) is 6.75. The molecular weight excluding hydrogens is 304 g/mol. The van der Waals surface area contributed by atoms with Gasteiger partial charge in [0.05, 0.1) is 0 Å². The number of rotatable bonds is 1. The third-order valence-electron chi connectivity index (χ3n) is 2.23. The molecule has 1 aromatic carbocycles. The predicted octanol–water partition coefficient (Wildman–Crippen LogP) is 4.56. The summed E-state index contributed by atoms with van der Waals surface area (Å²) in [6, 6.07) is 8.41. The summed E-state index contributed by atoms with van der Waals surface area (Å²) < 4.78 is 1.13. The highest BCUT2D eigenvalue weighted by molar-refractivity contribution is 9.10. The Morgan fingerprint density at radius 2 is 1.86 bits per heavy atom. The lowest BCUT2D eigenvalue weighted by Gasteiger charge is -2.10. The average molecular weight is 314 g/mol. The van der Waals surface area contributed by atoms with E-state index in [0.717, 1.165) is 10.9 Å². The first-order valence-electron chi connectivity index (χ1n) is 4.54. The van der Waals surface area contributed by atoms with Gasteiger partial charge in [-0.25, -0.2) is 0 Å². The van der Waals surface area contributed by atoms with Gasteiger partial charge in [0.15, 0.2) is 0 Å². The summed E-state index contributed by atoms with van der Waals surface area (Å²) in [6.07, 6.45) is 7.70. The van der Waals surface area contributed by atoms with Gasteiger partial charge in [0.2, 0.25) is 0 Å². The fraction of sp³-hybridized carbons (Fsp3) is 0.167. The molecular formula is C12H10Br2. The van der Waals surface area contributed by atoms with Crippen LogP contribution in [-0.4, -0.2) is 4.83 Å². The number of hydrogen-bond donors (Lipinski definition) is 0. The smallest absolute Gasteiger partial charge is 0.0363 e. The molecule has 72 valence electrons. The highest BCUT2D eigenvalue weighted by Crippen LogP contribution is 2.25. The van der Waals surface area contributed by atoms with Gasteiger partial charge in [-0.3, -0.25) is 0 Å². The van der Waals surface area contributed by atoms with Crippen LogP contribution < -0.4 is 0 Å². The minimum absolute atomic E-state index is 0.502. The Bertz CT molecular complexity index is 374. The van der Waals surface area contributed by atoms with Crippen LogP contribution in [0.5, 0.6) is 0 Å². The molecule has 1 aromatic rings. The van der Waals surface area contributed by atoms with E-state index >= 15 is 0 Å². The van der Waals surface area contributed by atoms with Crippen molar-refractivity contribution >= 4 is 37.4 Å². The quantitative estimate of drug-likeness (QED) is 0.667. The van der Waals surface area contributed by atoms with Crippen molar-refractivity contribution in [2.75, 3.05) is 0 Å². The minimum atomic E-state index is 0.502. The lowest BCUT2D eigenvalue weighted by Crippen LogP contribution is -1.96. The van der Waals surface area contributed by atoms with Gasteiger partial charge in [0, 0.05) is 9.30 Å². The van der Waals surface area contributed by atoms with E-state index in [1.807, 2.05) is 0 Å². The van der Waals surface area contributed by atoms with Crippen LogP contribution in [0.4, 0.5) is 0 Å². The summed E-state index contributed by atoms with van der Waals surface area (Å²) in [6.45, 7) is 0. The molecule has 1 atom stereocenters. The van der Waals surface area contributed by atoms with Crippen molar-refractivity contribution in [2.45, 2.75) is 11.2 Å². The van der Waals surface area contributed by atoms with Crippen molar-refractivity contribution in [3.05, 3.63) is 52.5 Å². The van der Waals surface area contributed by atoms with Crippen molar-refractivity contribution < 1.29 is 0 Å². The van der Waals surface area contributed by atoms with Crippen LogP contribution in [0, 0.1) is 0 Å². The fourth-order valence-electron chi connectivity index (χ4n) is 1.45. The lowest BCUT2D eigenvalue weighted by atomic mass is 10.00. The molecule has 0 amide bonds. The molecule has 2 heteroatoms. The zero-order valence-electron chi connectivity index (χ0n) is 7.58. The Morgan fingerprint density at radius 3 is 2.43 bits per heavy atom. The SMILES string of the molecule is Brc1ccc(C2=CCC(Br)C=C2)cc1. The molecule has 0 heterocycles. The van der Waals surface area contributed by atoms with Gasteiger partial charge in [0.25, 0.3) is 0 Å². The van der Waals surface area contributed by atoms with Crippen LogP contribution in [0.3, 0.4) is 0 Å². The zero-order valence-corrected chi connectivity index (χ0v) is 10.8. The maximum atomic E-state index is 3.56. The molecule has 0 spiro atoms. The Balaban J connectivity index is 2.24. The van der Waals surface area contributed by atoms with Crippen LogP contribution >= 0.6 is 31.9 Å². The van der Waals surface area contributed by atoms with Gasteiger partial charge in [-0.15, -0.1) is 0 Å². The molecule has 0 saturated heterocycles. The molecule has 2 rings (SSSR count). The second-order valence-corrected chi connectivity index (χ2v) is 5.37. The number of alkyl halides is 1. The number of benzene rings is 1. The van der Waals surface area contributed by atoms with Gasteiger partial charge in [-0.1, -0.05) is 62.2 Å². The van der Waals surface area contributed by atoms with Crippen molar-refractivity contribution in [3.63, 3.8) is 0 Å². The summed E-state index contributed by atoms with van der Waals surface area (Å²) in [7, 11) is 0. The van der Waals surface area contributed by atoms with Crippen molar-refractivity contribution in [1.29, 1.82) is 0 Å². The molecule has 1 aliphatic rings. The van der Waals surface area contributed by atoms with Crippen LogP contribution in [0.25, 0.3) is 5.57 Å². The summed E-state index contributed by atoms with van der Waals surface area (Å²) in [5.74, 6) is 0. The summed E-state index contributed by atoms with van der Waals surface area (Å²) in [4.78, 5) is 0.502. The standard InChI is InChI=1S/C12H10Br2/c13-11-5-1-9(2-6-11)10-3-7-12(14)8-4-10/h1-7,12H,8H2. The second-order valence-electron chi connectivity index (χ2n) is 3.28. The van der Waals surface area contributed by atoms with E-state index in [-0.39, 0.29) is 0 Å². The highest BCUT2D eigenvalue weighted by atomic mass is 79.9. The van der Waals surface area contributed by atoms with Gasteiger partial charge < -0.3 is 0 Å². The van der Waals surface area contributed by atoms with Crippen LogP contribution in [0.2, 0.25) is 0 Å². The van der Waals surface area contributed by atoms with E-state index in [1.165, 1.54) is 11.1 Å². The molecule has 0 nitrogen and oxygen atoms in total. The van der Waals surface area contributed by atoms with Crippen molar-refractivity contribution in [3.8, 4) is 0 Å². The lowest BCUT2D eigenvalue weighted by molar-refractivity contribution is 1.08. The van der Waals surface area contributed by atoms with Crippen LogP contribution in [0.15, 0.2) is 47.0 Å². The molecule has 1 aliphatic carbocycles. The molecule has 0 fully saturated rings. The molecule has 0 aliphatic heterocycles. The van der Waals surface area contributed by atoms with Gasteiger partial charge in [-0.05, 0) is 29.7 Å². The third-order valence-corrected chi connectivity index (χ3v) is 3.43. The molecule has 14 heavy (non-hydrogen) atoms. The Kier molecular flexibility index (Phi) is 3.24. The maximum Gasteiger partial charge on any atom is 0.0363 e. The summed E-state index contributed by atoms with van der Waals surface area (Å²) in [5, 5.41) is 0. The molecule has 1 unspecified atom stereocenters. The minimum Gasteiger partial charge on any atom is -0.0842 e. The predicted molar refractivity (Wildman–Crippen MR) is 68.6 cm³/mol. The molecule has 0 aromatic heterocycles. The van der Waals surface area contributed by atoms with E-state index in [1.54, 1.807) is 0 Å². The Labute approximate surface area is 101 Å². The van der Waals surface area contributed by atoms with Gasteiger partial charge >= 0.3 is 0 Å². The average Bonchev–Trinajstić information content (AvgIpc) is 2.21. The number of allylic oxidation sites excluding steroid dienone is 4. The topological polar surface area (TPSA) is 0 Å². The largest absolute Gasteiger partial charge is 0.0842 e. The Morgan fingerprint density at radius 1 is 1.14 bits per heavy atom. The Hall–Kier alpha value is -0.340. The van der Waals surface area contributed by atoms with E-state index in [2.05, 4.69) is 74.4 Å². The molecule has 0 N–H and O–H groups in total. The van der Waals surface area contributed by atoms with Crippen molar-refractivity contribution in [1.82, 2.24) is 0 Å². The second kappa shape index (κ2) is 4.45. The van der Waals surface area contributed by atoms with E-state index in [4.69, 9.17) is 0 Å². The van der Waals surface area contributed by atoms with Crippen molar-refractivity contribution in [2.24, 2.45) is 0 Å². The summed E-state index contributed by atoms with van der Waals surface area (Å²) in [5.41, 5.74) is 2.59. The molecule has 0 radical (unpaired) electrons. The maximum absolute atomic E-state index is 3.56. The van der Waals surface area contributed by atoms with E-state index < -0.39 is 0 Å². The highest BCUT2D eigenvalue weighted by Gasteiger charge is 2.05. The third kappa shape index (κ3) is 2.37. The summed E-state index contributed by atoms with van der Waals surface area (Å²) >= 11 is 7.00. The number of halogens is 2. The first-order valence-corrected chi connectivity index (χ1v) is 6.25. The van der Waals surface area contributed by atoms with E-state index in [0.29, 0.717) is 4.83 Å². The normalized spacial score (nSPS) is 20.7. The monoisotopic (exact) mass is 312 g/mol. The number of hydrogen-bond acceptors (Lipinski definition) is 0. The van der Waals surface area contributed by atoms with Crippen LogP contribution in [-0.2, 0) is 0 Å². The first kappa shape index (κ1) is 10.2. The van der Waals surface area contributed by atoms with Gasteiger partial charge in [-0.2, -0.15) is 0 Å². The molecule has 0 saturated carbocycles. The van der Waals surface area contributed by atoms with E-state index in [9.17, 15) is 0 Å².